The van der Waals surface area contributed by atoms with Crippen LogP contribution in [-0.4, -0.2) is 38.9 Å². The SMILES string of the molecule is CCCCC[N]CCS(=O)(=O)CCCl. The first kappa shape index (κ1) is 14.2. The van der Waals surface area contributed by atoms with Crippen molar-refractivity contribution in [2.75, 3.05) is 30.5 Å². The van der Waals surface area contributed by atoms with Crippen LogP contribution in [-0.2, 0) is 9.84 Å². The average Bonchev–Trinajstić information content (AvgIpc) is 2.11. The molecule has 85 valence electrons. The molecule has 0 saturated heterocycles. The van der Waals surface area contributed by atoms with Gasteiger partial charge >= 0.3 is 0 Å². The van der Waals surface area contributed by atoms with Crippen LogP contribution in [0.15, 0.2) is 0 Å². The van der Waals surface area contributed by atoms with Gasteiger partial charge in [-0.2, -0.15) is 0 Å². The molecular weight excluding hydrogens is 222 g/mol. The molecule has 0 aliphatic carbocycles. The molecule has 0 aromatic heterocycles. The number of unbranched alkanes of at least 4 members (excludes halogenated alkanes) is 2. The van der Waals surface area contributed by atoms with Crippen LogP contribution in [0.1, 0.15) is 26.2 Å². The zero-order valence-corrected chi connectivity index (χ0v) is 10.3. The lowest BCUT2D eigenvalue weighted by atomic mass is 10.2. The summed E-state index contributed by atoms with van der Waals surface area (Å²) in [5.74, 6) is 0.392. The van der Waals surface area contributed by atoms with Gasteiger partial charge in [0.15, 0.2) is 9.84 Å². The largest absolute Gasteiger partial charge is 0.241 e. The van der Waals surface area contributed by atoms with Crippen molar-refractivity contribution in [3.05, 3.63) is 0 Å². The molecule has 0 unspecified atom stereocenters. The Kier molecular flexibility index (Phi) is 8.63. The van der Waals surface area contributed by atoms with E-state index in [0.717, 1.165) is 19.4 Å². The highest BCUT2D eigenvalue weighted by atomic mass is 35.5. The smallest absolute Gasteiger partial charge is 0.152 e. The second-order valence-corrected chi connectivity index (χ2v) is 5.90. The Morgan fingerprint density at radius 3 is 2.43 bits per heavy atom. The second-order valence-electron chi connectivity index (χ2n) is 3.22. The first-order valence-electron chi connectivity index (χ1n) is 5.02. The Labute approximate surface area is 92.1 Å². The molecule has 0 fully saturated rings. The van der Waals surface area contributed by atoms with Gasteiger partial charge in [0.05, 0.1) is 11.5 Å². The maximum atomic E-state index is 11.2. The lowest BCUT2D eigenvalue weighted by Crippen LogP contribution is -2.21. The highest BCUT2D eigenvalue weighted by molar-refractivity contribution is 7.91. The van der Waals surface area contributed by atoms with Crippen molar-refractivity contribution in [2.45, 2.75) is 26.2 Å². The van der Waals surface area contributed by atoms with Gasteiger partial charge in [0.2, 0.25) is 0 Å². The van der Waals surface area contributed by atoms with E-state index in [1.165, 1.54) is 6.42 Å². The first-order chi connectivity index (χ1) is 6.62. The average molecular weight is 241 g/mol. The minimum Gasteiger partial charge on any atom is -0.241 e. The summed E-state index contributed by atoms with van der Waals surface area (Å²) < 4.78 is 22.3. The molecule has 0 atom stereocenters. The molecule has 0 heterocycles. The van der Waals surface area contributed by atoms with Gasteiger partial charge in [0.25, 0.3) is 0 Å². The van der Waals surface area contributed by atoms with E-state index in [0.29, 0.717) is 6.54 Å². The van der Waals surface area contributed by atoms with E-state index in [2.05, 4.69) is 12.2 Å². The Balaban J connectivity index is 3.35. The van der Waals surface area contributed by atoms with Gasteiger partial charge in [-0.3, -0.25) is 0 Å². The van der Waals surface area contributed by atoms with E-state index in [-0.39, 0.29) is 17.4 Å². The van der Waals surface area contributed by atoms with Crippen LogP contribution < -0.4 is 5.32 Å². The molecule has 0 rings (SSSR count). The summed E-state index contributed by atoms with van der Waals surface area (Å²) in [6.45, 7) is 3.33. The second kappa shape index (κ2) is 8.50. The summed E-state index contributed by atoms with van der Waals surface area (Å²) in [5.41, 5.74) is 0. The Hall–Kier alpha value is 0.200. The topological polar surface area (TPSA) is 48.2 Å². The number of hydrogen-bond donors (Lipinski definition) is 0. The van der Waals surface area contributed by atoms with E-state index in [1.54, 1.807) is 0 Å². The third-order valence-corrected chi connectivity index (χ3v) is 3.91. The minimum absolute atomic E-state index is 0.0685. The van der Waals surface area contributed by atoms with Crippen molar-refractivity contribution in [3.8, 4) is 0 Å². The fourth-order valence-electron chi connectivity index (χ4n) is 1.01. The maximum absolute atomic E-state index is 11.2. The molecule has 0 aliphatic rings. The van der Waals surface area contributed by atoms with Gasteiger partial charge in [-0.25, -0.2) is 13.7 Å². The summed E-state index contributed by atoms with van der Waals surface area (Å²) in [4.78, 5) is 0. The van der Waals surface area contributed by atoms with Gasteiger partial charge in [-0.1, -0.05) is 19.8 Å². The monoisotopic (exact) mass is 240 g/mol. The maximum Gasteiger partial charge on any atom is 0.152 e. The molecule has 3 nitrogen and oxygen atoms in total. The molecule has 0 bridgehead atoms. The van der Waals surface area contributed by atoms with Crippen molar-refractivity contribution in [3.63, 3.8) is 0 Å². The van der Waals surface area contributed by atoms with Gasteiger partial charge in [-0.15, -0.1) is 11.6 Å². The molecule has 0 saturated carbocycles. The number of rotatable bonds is 9. The van der Waals surface area contributed by atoms with Crippen molar-refractivity contribution < 1.29 is 8.42 Å². The zero-order valence-electron chi connectivity index (χ0n) is 8.71. The lowest BCUT2D eigenvalue weighted by molar-refractivity contribution is 0.585. The van der Waals surface area contributed by atoms with Crippen LogP contribution >= 0.6 is 11.6 Å². The predicted molar refractivity (Wildman–Crippen MR) is 60.8 cm³/mol. The zero-order chi connectivity index (χ0) is 10.9. The van der Waals surface area contributed by atoms with Crippen LogP contribution in [0, 0.1) is 0 Å². The summed E-state index contributed by atoms with van der Waals surface area (Å²) in [6, 6.07) is 0. The summed E-state index contributed by atoms with van der Waals surface area (Å²) in [5, 5.41) is 4.15. The van der Waals surface area contributed by atoms with Gasteiger partial charge in [0, 0.05) is 19.0 Å². The van der Waals surface area contributed by atoms with Crippen LogP contribution in [0.5, 0.6) is 0 Å². The first-order valence-corrected chi connectivity index (χ1v) is 7.37. The highest BCUT2D eigenvalue weighted by Crippen LogP contribution is 1.94. The van der Waals surface area contributed by atoms with E-state index in [4.69, 9.17) is 11.6 Å². The molecule has 0 aliphatic heterocycles. The molecule has 1 radical (unpaired) electrons. The van der Waals surface area contributed by atoms with E-state index < -0.39 is 9.84 Å². The summed E-state index contributed by atoms with van der Waals surface area (Å²) in [7, 11) is -2.95. The van der Waals surface area contributed by atoms with Crippen molar-refractivity contribution in [1.82, 2.24) is 5.32 Å². The Morgan fingerprint density at radius 1 is 1.14 bits per heavy atom. The molecule has 0 spiro atoms. The standard InChI is InChI=1S/C9H19ClNO2S/c1-2-3-4-6-11-7-9-14(12,13)8-5-10/h2-9H2,1H3. The fraction of sp³-hybridized carbons (Fsp3) is 1.00. The molecule has 0 aromatic carbocycles. The third kappa shape index (κ3) is 8.78. The predicted octanol–water partition coefficient (Wildman–Crippen LogP) is 1.43. The summed E-state index contributed by atoms with van der Waals surface area (Å²) in [6.07, 6.45) is 3.39. The molecule has 0 amide bonds. The highest BCUT2D eigenvalue weighted by Gasteiger charge is 2.08. The van der Waals surface area contributed by atoms with Crippen LogP contribution in [0.25, 0.3) is 0 Å². The van der Waals surface area contributed by atoms with Gasteiger partial charge in [0.1, 0.15) is 0 Å². The van der Waals surface area contributed by atoms with Crippen LogP contribution in [0.4, 0.5) is 0 Å². The fourth-order valence-corrected chi connectivity index (χ4v) is 2.56. The number of alkyl halides is 1. The normalized spacial score (nSPS) is 11.9. The Morgan fingerprint density at radius 2 is 1.86 bits per heavy atom. The molecular formula is C9H19ClNO2S. The molecule has 0 aromatic rings. The van der Waals surface area contributed by atoms with E-state index in [9.17, 15) is 8.42 Å². The lowest BCUT2D eigenvalue weighted by Gasteiger charge is -2.02. The minimum atomic E-state index is -2.95. The number of hydrogen-bond acceptors (Lipinski definition) is 2. The van der Waals surface area contributed by atoms with Gasteiger partial charge in [-0.05, 0) is 6.42 Å². The van der Waals surface area contributed by atoms with Crippen molar-refractivity contribution >= 4 is 21.4 Å². The third-order valence-electron chi connectivity index (χ3n) is 1.87. The quantitative estimate of drug-likeness (QED) is 0.452. The number of halogens is 1. The van der Waals surface area contributed by atoms with Crippen molar-refractivity contribution in [1.29, 1.82) is 0 Å². The van der Waals surface area contributed by atoms with Crippen LogP contribution in [0.3, 0.4) is 0 Å². The Bertz CT molecular complexity index is 217. The van der Waals surface area contributed by atoms with E-state index >= 15 is 0 Å². The van der Waals surface area contributed by atoms with Crippen molar-refractivity contribution in [2.24, 2.45) is 0 Å². The molecule has 5 heteroatoms. The summed E-state index contributed by atoms with van der Waals surface area (Å²) >= 11 is 5.36. The number of nitrogens with zero attached hydrogens (tertiary/aromatic N) is 1. The number of sulfone groups is 1. The van der Waals surface area contributed by atoms with Gasteiger partial charge < -0.3 is 0 Å². The van der Waals surface area contributed by atoms with E-state index in [1.807, 2.05) is 0 Å². The van der Waals surface area contributed by atoms with Crippen LogP contribution in [0.2, 0.25) is 0 Å². The molecule has 0 N–H and O–H groups in total. The molecule has 14 heavy (non-hydrogen) atoms.